The smallest absolute Gasteiger partial charge is 0.225 e. The lowest BCUT2D eigenvalue weighted by atomic mass is 10.2. The summed E-state index contributed by atoms with van der Waals surface area (Å²) in [4.78, 5) is 33.2. The number of amides is 1. The second-order valence-corrected chi connectivity index (χ2v) is 8.50. The molecule has 1 fully saturated rings. The summed E-state index contributed by atoms with van der Waals surface area (Å²) >= 11 is 1.65. The highest BCUT2D eigenvalue weighted by Gasteiger charge is 2.26. The molecule has 8 nitrogen and oxygen atoms in total. The molecule has 0 aromatic carbocycles. The quantitative estimate of drug-likeness (QED) is 0.643. The minimum absolute atomic E-state index is 0.0994. The Morgan fingerprint density at radius 1 is 1.31 bits per heavy atom. The minimum Gasteiger partial charge on any atom is -0.352 e. The number of rotatable bonds is 7. The first-order valence-electron chi connectivity index (χ1n) is 9.86. The van der Waals surface area contributed by atoms with E-state index in [0.29, 0.717) is 12.4 Å². The van der Waals surface area contributed by atoms with Crippen LogP contribution in [0.25, 0.3) is 10.6 Å². The monoisotopic (exact) mass is 411 g/mol. The summed E-state index contributed by atoms with van der Waals surface area (Å²) in [5, 5.41) is 4.19. The van der Waals surface area contributed by atoms with Crippen molar-refractivity contribution in [3.63, 3.8) is 0 Å². The van der Waals surface area contributed by atoms with Crippen LogP contribution in [-0.4, -0.2) is 49.5 Å². The average molecular weight is 412 g/mol. The van der Waals surface area contributed by atoms with Crippen molar-refractivity contribution in [1.29, 1.82) is 0 Å². The van der Waals surface area contributed by atoms with E-state index >= 15 is 0 Å². The van der Waals surface area contributed by atoms with Crippen molar-refractivity contribution in [2.75, 3.05) is 18.0 Å². The third-order valence-electron chi connectivity index (χ3n) is 4.99. The number of carbonyl (C=O) groups excluding carboxylic acids is 1. The zero-order chi connectivity index (χ0) is 20.2. The fraction of sp³-hybridized carbons (Fsp3) is 0.450. The van der Waals surface area contributed by atoms with Crippen LogP contribution in [0.15, 0.2) is 31.0 Å². The van der Waals surface area contributed by atoms with Gasteiger partial charge in [-0.3, -0.25) is 4.79 Å². The van der Waals surface area contributed by atoms with Gasteiger partial charge in [-0.1, -0.05) is 0 Å². The molecule has 1 N–H and O–H groups in total. The van der Waals surface area contributed by atoms with E-state index in [9.17, 15) is 4.79 Å². The van der Waals surface area contributed by atoms with Gasteiger partial charge in [-0.2, -0.15) is 0 Å². The van der Waals surface area contributed by atoms with E-state index in [0.717, 1.165) is 53.7 Å². The number of hydrogen-bond donors (Lipinski definition) is 1. The highest BCUT2D eigenvalue weighted by molar-refractivity contribution is 7.15. The van der Waals surface area contributed by atoms with Gasteiger partial charge in [0.05, 0.1) is 27.6 Å². The fourth-order valence-corrected chi connectivity index (χ4v) is 4.49. The van der Waals surface area contributed by atoms with Crippen molar-refractivity contribution in [3.05, 3.63) is 41.7 Å². The van der Waals surface area contributed by atoms with Crippen LogP contribution in [0.5, 0.6) is 0 Å². The van der Waals surface area contributed by atoms with Crippen molar-refractivity contribution in [2.45, 2.75) is 45.7 Å². The van der Waals surface area contributed by atoms with Crippen molar-refractivity contribution in [3.8, 4) is 10.6 Å². The molecule has 1 amide bonds. The molecule has 152 valence electrons. The van der Waals surface area contributed by atoms with Gasteiger partial charge in [0.25, 0.3) is 0 Å². The summed E-state index contributed by atoms with van der Waals surface area (Å²) < 4.78 is 1.99. The maximum atomic E-state index is 12.3. The largest absolute Gasteiger partial charge is 0.352 e. The summed E-state index contributed by atoms with van der Waals surface area (Å²) in [6, 6.07) is 2.06. The van der Waals surface area contributed by atoms with Gasteiger partial charge < -0.3 is 14.8 Å². The molecule has 4 rings (SSSR count). The number of aryl methyl sites for hydroxylation is 3. The molecule has 3 aromatic heterocycles. The molecule has 29 heavy (non-hydrogen) atoms. The average Bonchev–Trinajstić information content (AvgIpc) is 3.44. The molecule has 1 saturated heterocycles. The van der Waals surface area contributed by atoms with Gasteiger partial charge >= 0.3 is 0 Å². The zero-order valence-corrected chi connectivity index (χ0v) is 17.5. The van der Waals surface area contributed by atoms with Crippen molar-refractivity contribution in [1.82, 2.24) is 29.8 Å². The topological polar surface area (TPSA) is 88.8 Å². The normalized spacial score (nSPS) is 16.3. The van der Waals surface area contributed by atoms with Crippen LogP contribution in [0.3, 0.4) is 0 Å². The Morgan fingerprint density at radius 2 is 2.21 bits per heavy atom. The molecule has 0 aliphatic carbocycles. The standard InChI is InChI=1S/C20H25N7OS/c1-14-19(29-15(2)23-14)17-5-7-22-20(25-17)27-10-6-16(12-27)24-18(28)4-3-9-26-11-8-21-13-26/h5,7-8,11,13,16H,3-4,6,9-10,12H2,1-2H3,(H,24,28). The Bertz CT molecular complexity index is 969. The second kappa shape index (κ2) is 8.69. The molecule has 0 radical (unpaired) electrons. The zero-order valence-electron chi connectivity index (χ0n) is 16.7. The molecule has 1 aliphatic rings. The van der Waals surface area contributed by atoms with Crippen molar-refractivity contribution in [2.24, 2.45) is 0 Å². The van der Waals surface area contributed by atoms with Gasteiger partial charge in [0.1, 0.15) is 0 Å². The molecule has 1 unspecified atom stereocenters. The van der Waals surface area contributed by atoms with Crippen LogP contribution in [0.1, 0.15) is 30.0 Å². The molecule has 9 heteroatoms. The second-order valence-electron chi connectivity index (χ2n) is 7.29. The Morgan fingerprint density at radius 3 is 2.97 bits per heavy atom. The first-order chi connectivity index (χ1) is 14.1. The predicted molar refractivity (Wildman–Crippen MR) is 113 cm³/mol. The van der Waals surface area contributed by atoms with Gasteiger partial charge in [-0.25, -0.2) is 19.9 Å². The third-order valence-corrected chi connectivity index (χ3v) is 6.09. The predicted octanol–water partition coefficient (Wildman–Crippen LogP) is 2.59. The number of nitrogens with zero attached hydrogens (tertiary/aromatic N) is 6. The summed E-state index contributed by atoms with van der Waals surface area (Å²) in [6.45, 7) is 6.39. The third kappa shape index (κ3) is 4.79. The lowest BCUT2D eigenvalue weighted by Crippen LogP contribution is -2.37. The first-order valence-corrected chi connectivity index (χ1v) is 10.7. The Kier molecular flexibility index (Phi) is 5.84. The van der Waals surface area contributed by atoms with Crippen LogP contribution < -0.4 is 10.2 Å². The summed E-state index contributed by atoms with van der Waals surface area (Å²) in [5.74, 6) is 0.812. The first kappa shape index (κ1) is 19.5. The van der Waals surface area contributed by atoms with Gasteiger partial charge in [0.15, 0.2) is 0 Å². The molecular formula is C20H25N7OS. The summed E-state index contributed by atoms with van der Waals surface area (Å²) in [5.41, 5.74) is 1.91. The Labute approximate surface area is 174 Å². The molecule has 4 heterocycles. The fourth-order valence-electron chi connectivity index (χ4n) is 3.60. The number of anilines is 1. The lowest BCUT2D eigenvalue weighted by molar-refractivity contribution is -0.121. The number of imidazole rings is 1. The molecule has 0 spiro atoms. The molecule has 0 saturated carbocycles. The van der Waals surface area contributed by atoms with Crippen LogP contribution in [0, 0.1) is 13.8 Å². The maximum absolute atomic E-state index is 12.3. The van der Waals surface area contributed by atoms with E-state index in [4.69, 9.17) is 4.98 Å². The number of hydrogen-bond acceptors (Lipinski definition) is 7. The SMILES string of the molecule is Cc1nc(C)c(-c2ccnc(N3CCC(NC(=O)CCCn4ccnc4)C3)n2)s1. The molecular weight excluding hydrogens is 386 g/mol. The number of thiazole rings is 1. The van der Waals surface area contributed by atoms with Gasteiger partial charge in [0, 0.05) is 50.7 Å². The van der Waals surface area contributed by atoms with Crippen molar-refractivity contribution >= 4 is 23.2 Å². The van der Waals surface area contributed by atoms with Crippen LogP contribution in [0.4, 0.5) is 5.95 Å². The van der Waals surface area contributed by atoms with Gasteiger partial charge in [-0.15, -0.1) is 11.3 Å². The lowest BCUT2D eigenvalue weighted by Gasteiger charge is -2.17. The highest BCUT2D eigenvalue weighted by Crippen LogP contribution is 2.29. The highest BCUT2D eigenvalue weighted by atomic mass is 32.1. The Hall–Kier alpha value is -2.81. The minimum atomic E-state index is 0.0994. The van der Waals surface area contributed by atoms with E-state index in [-0.39, 0.29) is 11.9 Å². The Balaban J connectivity index is 1.31. The van der Waals surface area contributed by atoms with Gasteiger partial charge in [-0.05, 0) is 32.8 Å². The number of nitrogens with one attached hydrogen (secondary N) is 1. The number of aromatic nitrogens is 5. The maximum Gasteiger partial charge on any atom is 0.225 e. The van der Waals surface area contributed by atoms with Crippen LogP contribution in [-0.2, 0) is 11.3 Å². The molecule has 1 aliphatic heterocycles. The van der Waals surface area contributed by atoms with Gasteiger partial charge in [0.2, 0.25) is 11.9 Å². The molecule has 0 bridgehead atoms. The van der Waals surface area contributed by atoms with E-state index in [1.54, 1.807) is 30.1 Å². The van der Waals surface area contributed by atoms with E-state index in [2.05, 4.69) is 25.2 Å². The van der Waals surface area contributed by atoms with E-state index in [1.165, 1.54) is 0 Å². The molecule has 1 atom stereocenters. The summed E-state index contributed by atoms with van der Waals surface area (Å²) in [7, 11) is 0. The van der Waals surface area contributed by atoms with Crippen LogP contribution in [0.2, 0.25) is 0 Å². The van der Waals surface area contributed by atoms with Crippen molar-refractivity contribution < 1.29 is 4.79 Å². The van der Waals surface area contributed by atoms with E-state index in [1.807, 2.05) is 30.7 Å². The summed E-state index contributed by atoms with van der Waals surface area (Å²) in [6.07, 6.45) is 9.46. The number of carbonyl (C=O) groups is 1. The molecule has 3 aromatic rings. The van der Waals surface area contributed by atoms with E-state index < -0.39 is 0 Å². The van der Waals surface area contributed by atoms with Crippen LogP contribution >= 0.6 is 11.3 Å².